The van der Waals surface area contributed by atoms with Crippen LogP contribution < -0.4 is 9.47 Å². The summed E-state index contributed by atoms with van der Waals surface area (Å²) in [6.45, 7) is 9.66. The standard InChI is InChI=1S/C33H49ClO5S/c1-6-9-16-37-23-28-22-31(38-17-10-7-2)32(39-18-11-8-3)33(40-28)25-13-15-29(34)26(20-25)19-24-12-14-27(35-4)21-30(24)36-5/h12-15,20-21,28,31-33H,6-11,16-19,22-23H2,1-5H3/t28-,31-,32+,33-/m0/s1. The molecular formula is C33H49ClO5S. The Balaban J connectivity index is 1.90. The number of hydrogen-bond acceptors (Lipinski definition) is 6. The van der Waals surface area contributed by atoms with E-state index in [1.165, 1.54) is 5.56 Å². The molecule has 0 spiro atoms. The smallest absolute Gasteiger partial charge is 0.126 e. The first-order valence-electron chi connectivity index (χ1n) is 15.0. The summed E-state index contributed by atoms with van der Waals surface area (Å²) in [5.74, 6) is 1.56. The summed E-state index contributed by atoms with van der Waals surface area (Å²) in [5, 5.41) is 1.23. The van der Waals surface area contributed by atoms with Gasteiger partial charge in [0.05, 0.1) is 38.3 Å². The predicted octanol–water partition coefficient (Wildman–Crippen LogP) is 8.68. The van der Waals surface area contributed by atoms with Crippen LogP contribution in [0, 0.1) is 0 Å². The summed E-state index contributed by atoms with van der Waals surface area (Å²) in [5.41, 5.74) is 3.36. The maximum Gasteiger partial charge on any atom is 0.126 e. The lowest BCUT2D eigenvalue weighted by atomic mass is 9.95. The highest BCUT2D eigenvalue weighted by molar-refractivity contribution is 8.00. The predicted molar refractivity (Wildman–Crippen MR) is 168 cm³/mol. The van der Waals surface area contributed by atoms with Gasteiger partial charge in [0.2, 0.25) is 0 Å². The zero-order valence-corrected chi connectivity index (χ0v) is 26.7. The van der Waals surface area contributed by atoms with Crippen molar-refractivity contribution in [1.82, 2.24) is 0 Å². The van der Waals surface area contributed by atoms with Crippen molar-refractivity contribution in [2.24, 2.45) is 0 Å². The largest absolute Gasteiger partial charge is 0.497 e. The maximum atomic E-state index is 6.77. The summed E-state index contributed by atoms with van der Waals surface area (Å²) >= 11 is 8.74. The van der Waals surface area contributed by atoms with E-state index in [4.69, 9.17) is 35.3 Å². The van der Waals surface area contributed by atoms with E-state index in [1.54, 1.807) is 14.2 Å². The molecule has 40 heavy (non-hydrogen) atoms. The van der Waals surface area contributed by atoms with Crippen LogP contribution in [-0.4, -0.2) is 58.1 Å². The van der Waals surface area contributed by atoms with Crippen molar-refractivity contribution in [3.63, 3.8) is 0 Å². The molecule has 1 saturated heterocycles. The average Bonchev–Trinajstić information content (AvgIpc) is 2.97. The first kappa shape index (κ1) is 33.1. The number of rotatable bonds is 18. The molecule has 0 bridgehead atoms. The molecule has 0 unspecified atom stereocenters. The summed E-state index contributed by atoms with van der Waals surface area (Å²) in [6, 6.07) is 12.4. The van der Waals surface area contributed by atoms with Crippen LogP contribution in [0.2, 0.25) is 5.02 Å². The first-order chi connectivity index (χ1) is 19.5. The van der Waals surface area contributed by atoms with Crippen LogP contribution in [0.25, 0.3) is 0 Å². The molecule has 0 N–H and O–H groups in total. The van der Waals surface area contributed by atoms with Crippen LogP contribution in [0.15, 0.2) is 36.4 Å². The number of hydrogen-bond donors (Lipinski definition) is 0. The summed E-state index contributed by atoms with van der Waals surface area (Å²) in [6.07, 6.45) is 8.18. The van der Waals surface area contributed by atoms with Gasteiger partial charge in [-0.05, 0) is 54.5 Å². The second-order valence-electron chi connectivity index (χ2n) is 10.5. The molecule has 2 aromatic rings. The van der Waals surface area contributed by atoms with E-state index < -0.39 is 0 Å². The molecule has 5 nitrogen and oxygen atoms in total. The SMILES string of the molecule is CCCCOC[C@@H]1C[C@H](OCCCC)[C@@H](OCCCC)[C@H](c2ccc(Cl)c(Cc3ccc(OC)cc3OC)c2)S1. The lowest BCUT2D eigenvalue weighted by molar-refractivity contribution is -0.0841. The minimum Gasteiger partial charge on any atom is -0.497 e. The molecule has 0 radical (unpaired) electrons. The molecule has 0 aliphatic carbocycles. The second-order valence-corrected chi connectivity index (χ2v) is 12.4. The van der Waals surface area contributed by atoms with Crippen LogP contribution in [0.1, 0.15) is 87.7 Å². The molecule has 1 aliphatic rings. The fraction of sp³-hybridized carbons (Fsp3) is 0.636. The zero-order valence-electron chi connectivity index (χ0n) is 25.1. The fourth-order valence-corrected chi connectivity index (χ4v) is 6.76. The van der Waals surface area contributed by atoms with E-state index in [0.29, 0.717) is 11.7 Å². The number of unbranched alkanes of at least 4 members (excludes halogenated alkanes) is 3. The van der Waals surface area contributed by atoms with E-state index in [1.807, 2.05) is 36.0 Å². The Kier molecular flexibility index (Phi) is 15.0. The van der Waals surface area contributed by atoms with Crippen molar-refractivity contribution < 1.29 is 23.7 Å². The number of thioether (sulfide) groups is 1. The van der Waals surface area contributed by atoms with Crippen LogP contribution in [-0.2, 0) is 20.6 Å². The molecule has 1 fully saturated rings. The molecule has 3 rings (SSSR count). The molecule has 7 heteroatoms. The van der Waals surface area contributed by atoms with E-state index >= 15 is 0 Å². The van der Waals surface area contributed by atoms with E-state index in [0.717, 1.165) is 99.0 Å². The second kappa shape index (κ2) is 18.2. The number of benzene rings is 2. The number of halogens is 1. The Labute approximate surface area is 251 Å². The fourth-order valence-electron chi connectivity index (χ4n) is 4.98. The van der Waals surface area contributed by atoms with Crippen LogP contribution in [0.3, 0.4) is 0 Å². The highest BCUT2D eigenvalue weighted by Crippen LogP contribution is 2.46. The third kappa shape index (κ3) is 9.84. The van der Waals surface area contributed by atoms with Crippen molar-refractivity contribution in [1.29, 1.82) is 0 Å². The zero-order chi connectivity index (χ0) is 28.7. The highest BCUT2D eigenvalue weighted by atomic mass is 35.5. The molecule has 0 amide bonds. The number of ether oxygens (including phenoxy) is 5. The van der Waals surface area contributed by atoms with Gasteiger partial charge in [0, 0.05) is 42.6 Å². The lowest BCUT2D eigenvalue weighted by Crippen LogP contribution is -2.44. The maximum absolute atomic E-state index is 6.77. The van der Waals surface area contributed by atoms with Gasteiger partial charge in [0.1, 0.15) is 11.5 Å². The van der Waals surface area contributed by atoms with Crippen LogP contribution >= 0.6 is 23.4 Å². The van der Waals surface area contributed by atoms with Crippen LogP contribution in [0.5, 0.6) is 11.5 Å². The summed E-state index contributed by atoms with van der Waals surface area (Å²) in [7, 11) is 3.35. The monoisotopic (exact) mass is 592 g/mol. The van der Waals surface area contributed by atoms with E-state index in [2.05, 4.69) is 32.9 Å². The summed E-state index contributed by atoms with van der Waals surface area (Å²) < 4.78 is 30.3. The third-order valence-corrected chi connectivity index (χ3v) is 9.27. The molecule has 1 aliphatic heterocycles. The topological polar surface area (TPSA) is 46.2 Å². The minimum atomic E-state index is -0.0233. The molecule has 4 atom stereocenters. The van der Waals surface area contributed by atoms with Crippen molar-refractivity contribution >= 4 is 23.4 Å². The number of methoxy groups -OCH3 is 2. The average molecular weight is 593 g/mol. The highest BCUT2D eigenvalue weighted by Gasteiger charge is 2.41. The Morgan fingerprint density at radius 1 is 0.825 bits per heavy atom. The van der Waals surface area contributed by atoms with Crippen molar-refractivity contribution in [3.8, 4) is 11.5 Å². The molecule has 224 valence electrons. The van der Waals surface area contributed by atoms with Gasteiger partial charge in [0.15, 0.2) is 0 Å². The van der Waals surface area contributed by atoms with Gasteiger partial charge in [-0.1, -0.05) is 69.8 Å². The quantitative estimate of drug-likeness (QED) is 0.161. The van der Waals surface area contributed by atoms with Gasteiger partial charge in [-0.2, -0.15) is 0 Å². The lowest BCUT2D eigenvalue weighted by Gasteiger charge is -2.41. The third-order valence-electron chi connectivity index (χ3n) is 7.36. The first-order valence-corrected chi connectivity index (χ1v) is 16.3. The Morgan fingerprint density at radius 3 is 2.25 bits per heavy atom. The molecule has 2 aromatic carbocycles. The van der Waals surface area contributed by atoms with Gasteiger partial charge in [-0.3, -0.25) is 0 Å². The Hall–Kier alpha value is -1.44. The van der Waals surface area contributed by atoms with E-state index in [-0.39, 0.29) is 17.5 Å². The molecule has 0 saturated carbocycles. The van der Waals surface area contributed by atoms with Gasteiger partial charge in [-0.25, -0.2) is 0 Å². The molecular weight excluding hydrogens is 544 g/mol. The van der Waals surface area contributed by atoms with Gasteiger partial charge < -0.3 is 23.7 Å². The van der Waals surface area contributed by atoms with Crippen molar-refractivity contribution in [2.75, 3.05) is 40.6 Å². The minimum absolute atomic E-state index is 0.0233. The van der Waals surface area contributed by atoms with E-state index in [9.17, 15) is 0 Å². The van der Waals surface area contributed by atoms with Crippen molar-refractivity contribution in [2.45, 2.75) is 94.8 Å². The van der Waals surface area contributed by atoms with Crippen LogP contribution in [0.4, 0.5) is 0 Å². The van der Waals surface area contributed by atoms with Gasteiger partial charge in [-0.15, -0.1) is 11.8 Å². The normalized spacial score (nSPS) is 20.9. The molecule has 0 aromatic heterocycles. The molecule has 1 heterocycles. The van der Waals surface area contributed by atoms with Gasteiger partial charge in [0.25, 0.3) is 0 Å². The van der Waals surface area contributed by atoms with Gasteiger partial charge >= 0.3 is 0 Å². The Morgan fingerprint density at radius 2 is 1.55 bits per heavy atom. The Bertz CT molecular complexity index is 1000. The summed E-state index contributed by atoms with van der Waals surface area (Å²) in [4.78, 5) is 0. The van der Waals surface area contributed by atoms with Crippen molar-refractivity contribution in [3.05, 3.63) is 58.1 Å².